The number of ether oxygens (including phenoxy) is 1. The summed E-state index contributed by atoms with van der Waals surface area (Å²) in [5.74, 6) is 0.869. The van der Waals surface area contributed by atoms with Gasteiger partial charge in [0.25, 0.3) is 0 Å². The standard InChI is InChI=1S/C12H17Br2NOS/c1-5-6(2)16-7(3)10(5)11(15)8-4-9(13)17-12(8)14/h4-7,10-11H,15H2,1-3H3. The number of hydrogen-bond donors (Lipinski definition) is 1. The number of rotatable bonds is 2. The minimum Gasteiger partial charge on any atom is -0.375 e. The highest BCUT2D eigenvalue weighted by Gasteiger charge is 2.41. The summed E-state index contributed by atoms with van der Waals surface area (Å²) in [6, 6.07) is 2.14. The lowest BCUT2D eigenvalue weighted by Crippen LogP contribution is -2.30. The fraction of sp³-hybridized carbons (Fsp3) is 0.667. The van der Waals surface area contributed by atoms with Crippen LogP contribution >= 0.6 is 43.2 Å². The van der Waals surface area contributed by atoms with Gasteiger partial charge in [-0.3, -0.25) is 0 Å². The molecule has 1 aromatic rings. The SMILES string of the molecule is CC1OC(C)C(C(N)c2cc(Br)sc2Br)C1C. The molecule has 2 N–H and O–H groups in total. The van der Waals surface area contributed by atoms with Crippen LogP contribution in [0.25, 0.3) is 0 Å². The first kappa shape index (κ1) is 14.0. The molecular weight excluding hydrogens is 366 g/mol. The molecule has 2 nitrogen and oxygen atoms in total. The fourth-order valence-corrected chi connectivity index (χ4v) is 5.66. The quantitative estimate of drug-likeness (QED) is 0.825. The molecule has 2 heterocycles. The van der Waals surface area contributed by atoms with Gasteiger partial charge < -0.3 is 10.5 Å². The molecule has 5 heteroatoms. The smallest absolute Gasteiger partial charge is 0.0758 e. The Morgan fingerprint density at radius 2 is 1.94 bits per heavy atom. The monoisotopic (exact) mass is 381 g/mol. The molecule has 5 unspecified atom stereocenters. The molecule has 0 saturated carbocycles. The van der Waals surface area contributed by atoms with Gasteiger partial charge in [0, 0.05) is 12.0 Å². The molecule has 2 rings (SSSR count). The minimum absolute atomic E-state index is 0.0295. The third kappa shape index (κ3) is 2.63. The van der Waals surface area contributed by atoms with E-state index < -0.39 is 0 Å². The third-order valence-electron chi connectivity index (χ3n) is 3.78. The third-order valence-corrected chi connectivity index (χ3v) is 6.16. The lowest BCUT2D eigenvalue weighted by molar-refractivity contribution is 0.0489. The van der Waals surface area contributed by atoms with Gasteiger partial charge in [-0.05, 0) is 63.3 Å². The van der Waals surface area contributed by atoms with Crippen molar-refractivity contribution in [2.75, 3.05) is 0 Å². The normalized spacial score (nSPS) is 35.2. The Morgan fingerprint density at radius 3 is 2.35 bits per heavy atom. The van der Waals surface area contributed by atoms with Crippen molar-refractivity contribution >= 4 is 43.2 Å². The van der Waals surface area contributed by atoms with E-state index in [-0.39, 0.29) is 12.1 Å². The maximum absolute atomic E-state index is 6.43. The number of thiophene rings is 1. The second-order valence-corrected chi connectivity index (χ2v) is 8.54. The summed E-state index contributed by atoms with van der Waals surface area (Å²) >= 11 is 8.76. The fourth-order valence-electron chi connectivity index (χ4n) is 2.70. The van der Waals surface area contributed by atoms with E-state index >= 15 is 0 Å². The highest BCUT2D eigenvalue weighted by Crippen LogP contribution is 2.43. The van der Waals surface area contributed by atoms with Gasteiger partial charge in [0.1, 0.15) is 0 Å². The zero-order valence-electron chi connectivity index (χ0n) is 10.1. The van der Waals surface area contributed by atoms with Crippen LogP contribution in [0.2, 0.25) is 0 Å². The first-order valence-corrected chi connectivity index (χ1v) is 8.17. The molecule has 1 aromatic heterocycles. The van der Waals surface area contributed by atoms with E-state index in [1.165, 1.54) is 5.56 Å². The Labute approximate surface area is 123 Å². The van der Waals surface area contributed by atoms with Crippen molar-refractivity contribution in [1.29, 1.82) is 0 Å². The summed E-state index contributed by atoms with van der Waals surface area (Å²) in [6.07, 6.45) is 0.516. The molecule has 0 bridgehead atoms. The molecule has 5 atom stereocenters. The maximum Gasteiger partial charge on any atom is 0.0758 e. The van der Waals surface area contributed by atoms with E-state index in [1.807, 2.05) is 0 Å². The van der Waals surface area contributed by atoms with Gasteiger partial charge in [-0.2, -0.15) is 0 Å². The molecular formula is C12H17Br2NOS. The summed E-state index contributed by atoms with van der Waals surface area (Å²) in [7, 11) is 0. The van der Waals surface area contributed by atoms with Crippen molar-refractivity contribution in [3.63, 3.8) is 0 Å². The minimum atomic E-state index is 0.0295. The van der Waals surface area contributed by atoms with Gasteiger partial charge >= 0.3 is 0 Å². The van der Waals surface area contributed by atoms with Crippen LogP contribution in [0.5, 0.6) is 0 Å². The number of nitrogens with two attached hydrogens (primary N) is 1. The highest BCUT2D eigenvalue weighted by molar-refractivity contribution is 9.12. The van der Waals surface area contributed by atoms with E-state index in [9.17, 15) is 0 Å². The molecule has 1 saturated heterocycles. The maximum atomic E-state index is 6.43. The molecule has 0 aromatic carbocycles. The predicted octanol–water partition coefficient (Wildman–Crippen LogP) is 4.33. The van der Waals surface area contributed by atoms with Crippen LogP contribution in [-0.2, 0) is 4.74 Å². The van der Waals surface area contributed by atoms with Crippen LogP contribution < -0.4 is 5.73 Å². The average Bonchev–Trinajstić information content (AvgIpc) is 2.68. The zero-order valence-corrected chi connectivity index (χ0v) is 14.1. The Kier molecular flexibility index (Phi) is 4.36. The van der Waals surface area contributed by atoms with Crippen molar-refractivity contribution in [2.45, 2.75) is 39.0 Å². The van der Waals surface area contributed by atoms with Crippen LogP contribution in [0.3, 0.4) is 0 Å². The van der Waals surface area contributed by atoms with E-state index in [0.29, 0.717) is 17.9 Å². The summed E-state index contributed by atoms with van der Waals surface area (Å²) < 4.78 is 8.11. The van der Waals surface area contributed by atoms with Crippen LogP contribution in [0.15, 0.2) is 13.6 Å². The molecule has 17 heavy (non-hydrogen) atoms. The topological polar surface area (TPSA) is 35.2 Å². The van der Waals surface area contributed by atoms with Crippen molar-refractivity contribution in [2.24, 2.45) is 17.6 Å². The van der Waals surface area contributed by atoms with E-state index in [1.54, 1.807) is 11.3 Å². The van der Waals surface area contributed by atoms with E-state index in [2.05, 4.69) is 58.7 Å². The van der Waals surface area contributed by atoms with Gasteiger partial charge in [-0.15, -0.1) is 11.3 Å². The Balaban J connectivity index is 2.25. The highest BCUT2D eigenvalue weighted by atomic mass is 79.9. The first-order valence-electron chi connectivity index (χ1n) is 5.77. The second-order valence-electron chi connectivity index (χ2n) is 4.79. The van der Waals surface area contributed by atoms with Gasteiger partial charge in [-0.1, -0.05) is 6.92 Å². The summed E-state index contributed by atoms with van der Waals surface area (Å²) in [5.41, 5.74) is 7.62. The number of hydrogen-bond acceptors (Lipinski definition) is 3. The first-order chi connectivity index (χ1) is 7.91. The van der Waals surface area contributed by atoms with Crippen LogP contribution in [0.4, 0.5) is 0 Å². The van der Waals surface area contributed by atoms with Crippen molar-refractivity contribution < 1.29 is 4.74 Å². The zero-order chi connectivity index (χ0) is 12.7. The predicted molar refractivity (Wildman–Crippen MR) is 79.3 cm³/mol. The Hall–Kier alpha value is 0.580. The molecule has 1 aliphatic rings. The summed E-state index contributed by atoms with van der Waals surface area (Å²) in [5, 5.41) is 0. The Bertz CT molecular complexity index is 409. The molecule has 96 valence electrons. The van der Waals surface area contributed by atoms with Gasteiger partial charge in [0.05, 0.1) is 19.8 Å². The molecule has 0 amide bonds. The molecule has 0 aliphatic carbocycles. The van der Waals surface area contributed by atoms with Gasteiger partial charge in [-0.25, -0.2) is 0 Å². The van der Waals surface area contributed by atoms with Crippen molar-refractivity contribution in [3.8, 4) is 0 Å². The van der Waals surface area contributed by atoms with Crippen molar-refractivity contribution in [3.05, 3.63) is 19.2 Å². The average molecular weight is 383 g/mol. The van der Waals surface area contributed by atoms with E-state index in [0.717, 1.165) is 7.57 Å². The van der Waals surface area contributed by atoms with Crippen LogP contribution in [-0.4, -0.2) is 12.2 Å². The summed E-state index contributed by atoms with van der Waals surface area (Å²) in [6.45, 7) is 6.49. The van der Waals surface area contributed by atoms with Crippen molar-refractivity contribution in [1.82, 2.24) is 0 Å². The molecule has 1 aliphatic heterocycles. The lowest BCUT2D eigenvalue weighted by atomic mass is 9.82. The van der Waals surface area contributed by atoms with Crippen LogP contribution in [0, 0.1) is 11.8 Å². The molecule has 0 spiro atoms. The number of halogens is 2. The summed E-state index contributed by atoms with van der Waals surface area (Å²) in [4.78, 5) is 0. The lowest BCUT2D eigenvalue weighted by Gasteiger charge is -2.25. The second kappa shape index (κ2) is 5.29. The van der Waals surface area contributed by atoms with Crippen LogP contribution in [0.1, 0.15) is 32.4 Å². The van der Waals surface area contributed by atoms with Gasteiger partial charge in [0.2, 0.25) is 0 Å². The van der Waals surface area contributed by atoms with E-state index in [4.69, 9.17) is 10.5 Å². The van der Waals surface area contributed by atoms with Gasteiger partial charge in [0.15, 0.2) is 0 Å². The molecule has 0 radical (unpaired) electrons. The Morgan fingerprint density at radius 1 is 1.29 bits per heavy atom. The largest absolute Gasteiger partial charge is 0.375 e. The molecule has 1 fully saturated rings.